The summed E-state index contributed by atoms with van der Waals surface area (Å²) in [6.07, 6.45) is 0. The molecule has 1 rings (SSSR count). The molecule has 0 saturated heterocycles. The molecule has 17 heavy (non-hydrogen) atoms. The normalized spacial score (nSPS) is 10.2. The first-order chi connectivity index (χ1) is 7.67. The zero-order valence-electron chi connectivity index (χ0n) is 8.99. The lowest BCUT2D eigenvalue weighted by molar-refractivity contribution is 0.0997. The molecule has 1 aromatic carbocycles. The van der Waals surface area contributed by atoms with Gasteiger partial charge in [0.1, 0.15) is 11.5 Å². The highest BCUT2D eigenvalue weighted by atomic mass is 32.2. The predicted molar refractivity (Wildman–Crippen MR) is 60.4 cm³/mol. The molecule has 0 aliphatic rings. The molecular formula is C9H13NO6S. The van der Waals surface area contributed by atoms with E-state index in [2.05, 4.69) is 0 Å². The molecule has 0 radical (unpaired) electrons. The van der Waals surface area contributed by atoms with Crippen molar-refractivity contribution in [3.63, 3.8) is 0 Å². The largest absolute Gasteiger partial charge is 0.508 e. The molecule has 8 heteroatoms. The highest BCUT2D eigenvalue weighted by Crippen LogP contribution is 2.20. The quantitative estimate of drug-likeness (QED) is 0.440. The number of hydrogen-bond donors (Lipinski definition) is 4. The predicted octanol–water partition coefficient (Wildman–Crippen LogP) is 0.0908. The minimum atomic E-state index is -3.66. The van der Waals surface area contributed by atoms with Gasteiger partial charge < -0.3 is 15.9 Å². The van der Waals surface area contributed by atoms with Gasteiger partial charge in [0.05, 0.1) is 11.3 Å². The van der Waals surface area contributed by atoms with E-state index in [0.29, 0.717) is 0 Å². The Morgan fingerprint density at radius 2 is 1.82 bits per heavy atom. The number of benzene rings is 1. The lowest BCUT2D eigenvalue weighted by Crippen LogP contribution is -2.10. The molecule has 0 heterocycles. The van der Waals surface area contributed by atoms with Crippen molar-refractivity contribution in [1.29, 1.82) is 0 Å². The fourth-order valence-corrected chi connectivity index (χ4v) is 0.721. The first kappa shape index (κ1) is 15.2. The van der Waals surface area contributed by atoms with E-state index in [1.165, 1.54) is 19.1 Å². The third-order valence-corrected chi connectivity index (χ3v) is 2.34. The Morgan fingerprint density at radius 3 is 2.12 bits per heavy atom. The van der Waals surface area contributed by atoms with Crippen molar-refractivity contribution in [2.24, 2.45) is 5.73 Å². The van der Waals surface area contributed by atoms with Crippen molar-refractivity contribution >= 4 is 16.0 Å². The first-order valence-electron chi connectivity index (χ1n) is 4.44. The highest BCUT2D eigenvalue weighted by Gasteiger charge is 2.06. The zero-order valence-corrected chi connectivity index (χ0v) is 9.81. The van der Waals surface area contributed by atoms with Crippen LogP contribution < -0.4 is 5.73 Å². The Balaban J connectivity index is 0.000000366. The molecule has 0 unspecified atom stereocenters. The monoisotopic (exact) mass is 263 g/mol. The van der Waals surface area contributed by atoms with Crippen LogP contribution in [0.5, 0.6) is 11.5 Å². The van der Waals surface area contributed by atoms with Gasteiger partial charge in [0, 0.05) is 0 Å². The van der Waals surface area contributed by atoms with Crippen molar-refractivity contribution in [1.82, 2.24) is 0 Å². The maximum atomic E-state index is 10.5. The standard InChI is InChI=1S/C7H7NO3.C2H6O3S/c8-7(11)5-3-4(9)1-2-6(5)10;1-2-6(3,4)5/h1-3,9-10H,(H2,8,11);2H2,1H3,(H,3,4,5). The number of hydrogen-bond acceptors (Lipinski definition) is 5. The second kappa shape index (κ2) is 6.06. The van der Waals surface area contributed by atoms with Crippen LogP contribution in [0.2, 0.25) is 0 Å². The Hall–Kier alpha value is -1.80. The Kier molecular flexibility index (Phi) is 5.42. The molecule has 0 atom stereocenters. The van der Waals surface area contributed by atoms with Gasteiger partial charge >= 0.3 is 0 Å². The highest BCUT2D eigenvalue weighted by molar-refractivity contribution is 7.85. The van der Waals surface area contributed by atoms with Gasteiger partial charge in [-0.05, 0) is 25.1 Å². The number of rotatable bonds is 2. The van der Waals surface area contributed by atoms with Gasteiger partial charge in [0.2, 0.25) is 0 Å². The van der Waals surface area contributed by atoms with Gasteiger partial charge in [-0.2, -0.15) is 8.42 Å². The van der Waals surface area contributed by atoms with Crippen molar-refractivity contribution in [2.45, 2.75) is 6.92 Å². The first-order valence-corrected chi connectivity index (χ1v) is 6.05. The van der Waals surface area contributed by atoms with Crippen molar-refractivity contribution in [3.8, 4) is 11.5 Å². The van der Waals surface area contributed by atoms with Gasteiger partial charge in [-0.25, -0.2) is 0 Å². The smallest absolute Gasteiger partial charge is 0.264 e. The average molecular weight is 263 g/mol. The summed E-state index contributed by atoms with van der Waals surface area (Å²) in [6, 6.07) is 3.58. The number of phenolic OH excluding ortho intramolecular Hbond substituents is 1. The number of carbonyl (C=O) groups excluding carboxylic acids is 1. The second-order valence-corrected chi connectivity index (χ2v) is 4.68. The van der Waals surface area contributed by atoms with E-state index in [-0.39, 0.29) is 22.8 Å². The molecule has 96 valence electrons. The summed E-state index contributed by atoms with van der Waals surface area (Å²) in [6.45, 7) is 1.37. The number of amides is 1. The average Bonchev–Trinajstić information content (AvgIpc) is 2.21. The third kappa shape index (κ3) is 6.38. The van der Waals surface area contributed by atoms with Gasteiger partial charge in [0.15, 0.2) is 0 Å². The summed E-state index contributed by atoms with van der Waals surface area (Å²) in [5.74, 6) is -1.29. The van der Waals surface area contributed by atoms with E-state index in [1.54, 1.807) is 0 Å². The van der Waals surface area contributed by atoms with E-state index in [0.717, 1.165) is 6.07 Å². The Bertz CT molecular complexity index is 496. The van der Waals surface area contributed by atoms with Crippen molar-refractivity contribution < 1.29 is 28.0 Å². The fraction of sp³-hybridized carbons (Fsp3) is 0.222. The molecule has 0 aromatic heterocycles. The van der Waals surface area contributed by atoms with E-state index >= 15 is 0 Å². The molecule has 0 bridgehead atoms. The number of nitrogens with two attached hydrogens (primary N) is 1. The number of aromatic hydroxyl groups is 2. The summed E-state index contributed by atoms with van der Waals surface area (Å²) in [7, 11) is -3.66. The van der Waals surface area contributed by atoms with Gasteiger partial charge in [-0.3, -0.25) is 9.35 Å². The maximum Gasteiger partial charge on any atom is 0.264 e. The maximum absolute atomic E-state index is 10.5. The number of primary amides is 1. The third-order valence-electron chi connectivity index (χ3n) is 1.61. The number of phenols is 2. The van der Waals surface area contributed by atoms with Crippen LogP contribution in [0.25, 0.3) is 0 Å². The van der Waals surface area contributed by atoms with Gasteiger partial charge in [-0.1, -0.05) is 0 Å². The van der Waals surface area contributed by atoms with E-state index in [4.69, 9.17) is 20.5 Å². The summed E-state index contributed by atoms with van der Waals surface area (Å²) in [5, 5.41) is 17.9. The molecule has 5 N–H and O–H groups in total. The Labute approximate surface area is 98.3 Å². The molecular weight excluding hydrogens is 250 g/mol. The fourth-order valence-electron chi connectivity index (χ4n) is 0.721. The minimum Gasteiger partial charge on any atom is -0.508 e. The van der Waals surface area contributed by atoms with Crippen molar-refractivity contribution in [3.05, 3.63) is 23.8 Å². The van der Waals surface area contributed by atoms with Crippen LogP contribution in [0.1, 0.15) is 17.3 Å². The van der Waals surface area contributed by atoms with Crippen LogP contribution in [0, 0.1) is 0 Å². The lowest BCUT2D eigenvalue weighted by atomic mass is 10.2. The van der Waals surface area contributed by atoms with E-state index < -0.39 is 16.0 Å². The van der Waals surface area contributed by atoms with Crippen molar-refractivity contribution in [2.75, 3.05) is 5.75 Å². The van der Waals surface area contributed by atoms with Crippen LogP contribution in [0.3, 0.4) is 0 Å². The van der Waals surface area contributed by atoms with Crippen LogP contribution in [0.15, 0.2) is 18.2 Å². The summed E-state index contributed by atoms with van der Waals surface area (Å²) in [5.41, 5.74) is 4.79. The molecule has 1 amide bonds. The minimum absolute atomic E-state index is 0.0787. The zero-order chi connectivity index (χ0) is 13.6. The molecule has 0 aliphatic heterocycles. The summed E-state index contributed by atoms with van der Waals surface area (Å²) >= 11 is 0. The van der Waals surface area contributed by atoms with Crippen LogP contribution in [-0.4, -0.2) is 34.8 Å². The summed E-state index contributed by atoms with van der Waals surface area (Å²) in [4.78, 5) is 10.5. The topological polar surface area (TPSA) is 138 Å². The van der Waals surface area contributed by atoms with Crippen LogP contribution >= 0.6 is 0 Å². The molecule has 0 fully saturated rings. The van der Waals surface area contributed by atoms with Gasteiger partial charge in [0.25, 0.3) is 16.0 Å². The summed E-state index contributed by atoms with van der Waals surface area (Å²) < 4.78 is 26.9. The number of carbonyl (C=O) groups is 1. The molecule has 0 saturated carbocycles. The van der Waals surface area contributed by atoms with Crippen LogP contribution in [0.4, 0.5) is 0 Å². The molecule has 7 nitrogen and oxygen atoms in total. The van der Waals surface area contributed by atoms with Gasteiger partial charge in [-0.15, -0.1) is 0 Å². The second-order valence-electron chi connectivity index (χ2n) is 2.94. The lowest BCUT2D eigenvalue weighted by Gasteiger charge is -1.99. The van der Waals surface area contributed by atoms with E-state index in [9.17, 15) is 13.2 Å². The molecule has 1 aromatic rings. The van der Waals surface area contributed by atoms with E-state index in [1.807, 2.05) is 0 Å². The SMILES string of the molecule is CCS(=O)(=O)O.NC(=O)c1cc(O)ccc1O. The van der Waals surface area contributed by atoms with Crippen LogP contribution in [-0.2, 0) is 10.1 Å². The molecule has 0 aliphatic carbocycles. The molecule has 0 spiro atoms. The Morgan fingerprint density at radius 1 is 1.35 bits per heavy atom.